The second kappa shape index (κ2) is 13.9. The van der Waals surface area contributed by atoms with E-state index in [1.807, 2.05) is 31.3 Å². The Bertz CT molecular complexity index is 1260. The summed E-state index contributed by atoms with van der Waals surface area (Å²) in [6, 6.07) is 6.35. The Labute approximate surface area is 266 Å². The lowest BCUT2D eigenvalue weighted by Crippen LogP contribution is -2.43. The van der Waals surface area contributed by atoms with Crippen LogP contribution in [0.2, 0.25) is 5.02 Å². The van der Waals surface area contributed by atoms with E-state index >= 15 is 0 Å². The van der Waals surface area contributed by atoms with Gasteiger partial charge in [0.15, 0.2) is 0 Å². The Kier molecular flexibility index (Phi) is 10.5. The third-order valence-electron chi connectivity index (χ3n) is 9.21. The fraction of sp³-hybridized carbons (Fsp3) is 0.594. The zero-order valence-corrected chi connectivity index (χ0v) is 28.1. The van der Waals surface area contributed by atoms with E-state index in [0.29, 0.717) is 24.7 Å². The van der Waals surface area contributed by atoms with Gasteiger partial charge in [0, 0.05) is 65.1 Å². The Morgan fingerprint density at radius 3 is 2.32 bits per heavy atom. The maximum atomic E-state index is 13.4. The lowest BCUT2D eigenvalue weighted by atomic mass is 9.76. The van der Waals surface area contributed by atoms with E-state index in [4.69, 9.17) is 16.6 Å². The van der Waals surface area contributed by atoms with Crippen LogP contribution < -0.4 is 0 Å². The first kappa shape index (κ1) is 31.0. The van der Waals surface area contributed by atoms with Gasteiger partial charge < -0.3 is 14.7 Å². The summed E-state index contributed by atoms with van der Waals surface area (Å²) in [5, 5.41) is 0.759. The number of aryl methyl sites for hydroxylation is 2. The summed E-state index contributed by atoms with van der Waals surface area (Å²) in [5.74, 6) is 1.49. The molecule has 1 aliphatic carbocycles. The molecule has 2 aliphatic heterocycles. The lowest BCUT2D eigenvalue weighted by molar-refractivity contribution is -0.135. The van der Waals surface area contributed by atoms with E-state index in [9.17, 15) is 9.59 Å². The Morgan fingerprint density at radius 2 is 1.61 bits per heavy atom. The second-order valence-electron chi connectivity index (χ2n) is 12.3. The predicted octanol–water partition coefficient (Wildman–Crippen LogP) is 6.70. The number of carbonyl (C=O) groups excluding carboxylic acids is 2. The summed E-state index contributed by atoms with van der Waals surface area (Å²) in [7, 11) is 4.08. The molecular weight excluding hydrogens is 668 g/mol. The smallest absolute Gasteiger partial charge is 0.222 e. The molecule has 0 N–H and O–H groups in total. The molecule has 2 saturated heterocycles. The number of piperidine rings is 2. The van der Waals surface area contributed by atoms with Crippen molar-refractivity contribution in [2.24, 2.45) is 11.8 Å². The average Bonchev–Trinajstić information content (AvgIpc) is 3.10. The molecule has 41 heavy (non-hydrogen) atoms. The molecule has 2 fully saturated rings. The monoisotopic (exact) mass is 706 g/mol. The highest BCUT2D eigenvalue weighted by Gasteiger charge is 2.36. The predicted molar refractivity (Wildman–Crippen MR) is 171 cm³/mol. The van der Waals surface area contributed by atoms with Gasteiger partial charge in [0.2, 0.25) is 11.8 Å². The molecule has 5 rings (SSSR count). The van der Waals surface area contributed by atoms with Gasteiger partial charge >= 0.3 is 0 Å². The maximum absolute atomic E-state index is 13.4. The number of rotatable bonds is 7. The number of aromatic nitrogens is 1. The minimum absolute atomic E-state index is 0.180. The first-order valence-electron chi connectivity index (χ1n) is 15.0. The number of hydrogen-bond donors (Lipinski definition) is 0. The molecule has 9 heteroatoms. The molecule has 222 valence electrons. The van der Waals surface area contributed by atoms with Crippen molar-refractivity contribution in [2.45, 2.75) is 63.7 Å². The molecule has 6 nitrogen and oxygen atoms in total. The number of hydrogen-bond acceptors (Lipinski definition) is 4. The normalized spacial score (nSPS) is 20.1. The second-order valence-corrected chi connectivity index (χ2v) is 14.5. The summed E-state index contributed by atoms with van der Waals surface area (Å²) in [6.07, 6.45) is 9.68. The van der Waals surface area contributed by atoms with Gasteiger partial charge in [-0.2, -0.15) is 0 Å². The van der Waals surface area contributed by atoms with E-state index in [2.05, 4.69) is 53.8 Å². The number of fused-ring (bicyclic) bond motifs is 2. The Hall–Kier alpha value is -1.48. The van der Waals surface area contributed by atoms with E-state index in [0.717, 1.165) is 91.6 Å². The molecule has 0 bridgehead atoms. The van der Waals surface area contributed by atoms with Gasteiger partial charge in [-0.3, -0.25) is 14.6 Å². The van der Waals surface area contributed by atoms with Crippen molar-refractivity contribution in [2.75, 3.05) is 46.8 Å². The molecule has 1 aromatic carbocycles. The van der Waals surface area contributed by atoms with Crippen molar-refractivity contribution in [3.05, 3.63) is 60.7 Å². The van der Waals surface area contributed by atoms with E-state index in [1.165, 1.54) is 22.4 Å². The maximum Gasteiger partial charge on any atom is 0.222 e. The van der Waals surface area contributed by atoms with Crippen LogP contribution in [0.3, 0.4) is 0 Å². The number of likely N-dealkylation sites (tertiary alicyclic amines) is 2. The molecule has 1 atom stereocenters. The highest BCUT2D eigenvalue weighted by Crippen LogP contribution is 2.46. The largest absolute Gasteiger partial charge is 0.343 e. The van der Waals surface area contributed by atoms with Crippen molar-refractivity contribution < 1.29 is 9.59 Å². The Balaban J connectivity index is 1.19. The summed E-state index contributed by atoms with van der Waals surface area (Å²) in [5.41, 5.74) is 5.08. The standard InChI is InChI=1S/C32H41Br2ClN4O2/c1-37(2)11-3-4-28(40)38-12-7-21(8-13-38)16-29(41)39-14-9-22(10-15-39)31-30-23(18-26(35)19-27(30)34)5-6-24-17-25(33)20-36-32(24)31/h17-22,31H,3-16H2,1-2H3. The summed E-state index contributed by atoms with van der Waals surface area (Å²) in [4.78, 5) is 37.1. The molecular formula is C32H41Br2ClN4O2. The van der Waals surface area contributed by atoms with Gasteiger partial charge in [-0.25, -0.2) is 0 Å². The zero-order valence-electron chi connectivity index (χ0n) is 24.2. The lowest BCUT2D eigenvalue weighted by Gasteiger charge is -2.38. The van der Waals surface area contributed by atoms with Crippen LogP contribution in [0, 0.1) is 11.8 Å². The number of pyridine rings is 1. The van der Waals surface area contributed by atoms with Crippen LogP contribution in [0.15, 0.2) is 33.3 Å². The highest BCUT2D eigenvalue weighted by molar-refractivity contribution is 9.10. The van der Waals surface area contributed by atoms with Gasteiger partial charge in [-0.1, -0.05) is 27.5 Å². The molecule has 1 aromatic heterocycles. The number of benzene rings is 1. The summed E-state index contributed by atoms with van der Waals surface area (Å²) < 4.78 is 2.07. The third-order valence-corrected chi connectivity index (χ3v) is 10.5. The molecule has 2 amide bonds. The fourth-order valence-electron chi connectivity index (χ4n) is 6.98. The minimum atomic E-state index is 0.180. The molecule has 0 radical (unpaired) electrons. The van der Waals surface area contributed by atoms with E-state index < -0.39 is 0 Å². The molecule has 0 spiro atoms. The molecule has 3 aliphatic rings. The van der Waals surface area contributed by atoms with Crippen LogP contribution in [-0.4, -0.2) is 78.3 Å². The highest BCUT2D eigenvalue weighted by atomic mass is 79.9. The summed E-state index contributed by atoms with van der Waals surface area (Å²) >= 11 is 13.9. The van der Waals surface area contributed by atoms with Gasteiger partial charge in [-0.05, 0) is 128 Å². The third kappa shape index (κ3) is 7.54. The van der Waals surface area contributed by atoms with Crippen LogP contribution in [0.5, 0.6) is 0 Å². The van der Waals surface area contributed by atoms with Gasteiger partial charge in [0.25, 0.3) is 0 Å². The number of halogens is 3. The van der Waals surface area contributed by atoms with Crippen molar-refractivity contribution >= 4 is 55.3 Å². The van der Waals surface area contributed by atoms with Gasteiger partial charge in [-0.15, -0.1) is 0 Å². The van der Waals surface area contributed by atoms with Crippen LogP contribution in [0.1, 0.15) is 73.2 Å². The fourth-order valence-corrected chi connectivity index (χ4v) is 8.48. The van der Waals surface area contributed by atoms with Crippen LogP contribution in [0.4, 0.5) is 0 Å². The molecule has 3 heterocycles. The number of nitrogens with zero attached hydrogens (tertiary/aromatic N) is 4. The Morgan fingerprint density at radius 1 is 0.951 bits per heavy atom. The van der Waals surface area contributed by atoms with Crippen LogP contribution in [0.25, 0.3) is 0 Å². The molecule has 2 aromatic rings. The van der Waals surface area contributed by atoms with Crippen molar-refractivity contribution in [3.8, 4) is 0 Å². The first-order chi connectivity index (χ1) is 19.7. The van der Waals surface area contributed by atoms with E-state index in [1.54, 1.807) is 0 Å². The minimum Gasteiger partial charge on any atom is -0.343 e. The van der Waals surface area contributed by atoms with E-state index in [-0.39, 0.29) is 17.7 Å². The van der Waals surface area contributed by atoms with Gasteiger partial charge in [0.05, 0.1) is 5.69 Å². The number of carbonyl (C=O) groups is 2. The van der Waals surface area contributed by atoms with Crippen molar-refractivity contribution in [1.82, 2.24) is 19.7 Å². The van der Waals surface area contributed by atoms with Gasteiger partial charge in [0.1, 0.15) is 0 Å². The van der Waals surface area contributed by atoms with Crippen LogP contribution in [-0.2, 0) is 22.4 Å². The molecule has 1 unspecified atom stereocenters. The number of amides is 2. The molecule has 0 saturated carbocycles. The zero-order chi connectivity index (χ0) is 29.1. The van der Waals surface area contributed by atoms with Crippen LogP contribution >= 0.6 is 43.5 Å². The SMILES string of the molecule is CN(C)CCCC(=O)N1CCC(CC(=O)N2CCC(C3c4ncc(Br)cc4CCc4cc(Cl)cc(Br)c43)CC2)CC1. The van der Waals surface area contributed by atoms with Crippen molar-refractivity contribution in [3.63, 3.8) is 0 Å². The quantitative estimate of drug-likeness (QED) is 0.322. The summed E-state index contributed by atoms with van der Waals surface area (Å²) in [6.45, 7) is 4.07. The average molecular weight is 709 g/mol. The topological polar surface area (TPSA) is 56.8 Å². The van der Waals surface area contributed by atoms with Crippen molar-refractivity contribution in [1.29, 1.82) is 0 Å². The first-order valence-corrected chi connectivity index (χ1v) is 17.0.